The molecule has 0 unspecified atom stereocenters. The van der Waals surface area contributed by atoms with Gasteiger partial charge in [0, 0.05) is 11.9 Å². The lowest BCUT2D eigenvalue weighted by molar-refractivity contribution is -0.314. The summed E-state index contributed by atoms with van der Waals surface area (Å²) in [7, 11) is 1.25. The largest absolute Gasteiger partial charge is 0.550 e. The van der Waals surface area contributed by atoms with Crippen LogP contribution in [0, 0.1) is 17.8 Å². The minimum atomic E-state index is -1.24. The summed E-state index contributed by atoms with van der Waals surface area (Å²) in [6.45, 7) is 3.62. The molecule has 0 saturated carbocycles. The van der Waals surface area contributed by atoms with Crippen molar-refractivity contribution < 1.29 is 24.2 Å². The molecule has 128 valence electrons. The van der Waals surface area contributed by atoms with Gasteiger partial charge in [0.2, 0.25) is 5.91 Å². The molecular weight excluding hydrogens is 310 g/mol. The lowest BCUT2D eigenvalue weighted by Crippen LogP contribution is -2.45. The van der Waals surface area contributed by atoms with Gasteiger partial charge < -0.3 is 20.0 Å². The fraction of sp³-hybridized carbons (Fsp3) is 0.389. The zero-order chi connectivity index (χ0) is 17.9. The van der Waals surface area contributed by atoms with Crippen LogP contribution < -0.4 is 10.4 Å². The number of nitrogens with one attached hydrogen (secondary N) is 1. The van der Waals surface area contributed by atoms with Gasteiger partial charge in [-0.25, -0.2) is 4.79 Å². The third-order valence-corrected chi connectivity index (χ3v) is 4.29. The molecule has 0 spiro atoms. The Morgan fingerprint density at radius 3 is 2.54 bits per heavy atom. The highest BCUT2D eigenvalue weighted by Gasteiger charge is 2.36. The number of hydrogen-bond donors (Lipinski definition) is 1. The van der Waals surface area contributed by atoms with Crippen LogP contribution >= 0.6 is 0 Å². The van der Waals surface area contributed by atoms with Gasteiger partial charge in [-0.3, -0.25) is 4.79 Å². The molecule has 1 amide bonds. The predicted octanol–water partition coefficient (Wildman–Crippen LogP) is 1.38. The summed E-state index contributed by atoms with van der Waals surface area (Å²) in [5.41, 5.74) is 1.47. The van der Waals surface area contributed by atoms with Crippen molar-refractivity contribution in [1.29, 1.82) is 0 Å². The summed E-state index contributed by atoms with van der Waals surface area (Å²) in [5, 5.41) is 14.1. The lowest BCUT2D eigenvalue weighted by Gasteiger charge is -2.35. The number of aliphatic carboxylic acids is 1. The standard InChI is InChI=1S/C18H21NO5/c1-10-8-11(2)15(17(21)22)13(9-10)16(20)19-14-7-5-4-6-12(14)18(23)24-3/h4-8,11,13,15H,9H2,1-3H3,(H,19,20)(H,21,22)/p-1/t11-,13+,15+/m0/s1. The molecule has 1 aliphatic carbocycles. The van der Waals surface area contributed by atoms with Gasteiger partial charge in [0.1, 0.15) is 0 Å². The SMILES string of the molecule is COC(=O)c1ccccc1NC(=O)[C@@H]1CC(C)=C[C@H](C)[C@H]1C(=O)[O-]. The molecule has 2 rings (SSSR count). The van der Waals surface area contributed by atoms with Crippen molar-refractivity contribution in [3.05, 3.63) is 41.5 Å². The summed E-state index contributed by atoms with van der Waals surface area (Å²) < 4.78 is 4.69. The number of para-hydroxylation sites is 1. The maximum atomic E-state index is 12.7. The maximum Gasteiger partial charge on any atom is 0.339 e. The first-order chi connectivity index (χ1) is 11.3. The number of anilines is 1. The average Bonchev–Trinajstić information content (AvgIpc) is 2.53. The van der Waals surface area contributed by atoms with Crippen LogP contribution in [0.2, 0.25) is 0 Å². The number of carboxylic acids is 1. The van der Waals surface area contributed by atoms with Crippen molar-refractivity contribution >= 4 is 23.5 Å². The zero-order valence-corrected chi connectivity index (χ0v) is 13.9. The van der Waals surface area contributed by atoms with Crippen LogP contribution in [-0.4, -0.2) is 25.0 Å². The Balaban J connectivity index is 2.28. The number of esters is 1. The number of allylic oxidation sites excluding steroid dienone is 2. The topological polar surface area (TPSA) is 95.5 Å². The Hall–Kier alpha value is -2.63. The quantitative estimate of drug-likeness (QED) is 0.665. The number of benzene rings is 1. The van der Waals surface area contributed by atoms with E-state index in [-0.39, 0.29) is 11.5 Å². The van der Waals surface area contributed by atoms with Crippen LogP contribution in [-0.2, 0) is 14.3 Å². The smallest absolute Gasteiger partial charge is 0.339 e. The molecule has 24 heavy (non-hydrogen) atoms. The van der Waals surface area contributed by atoms with Gasteiger partial charge in [-0.15, -0.1) is 0 Å². The zero-order valence-electron chi connectivity index (χ0n) is 13.9. The summed E-state index contributed by atoms with van der Waals surface area (Å²) in [5.74, 6) is -4.21. The van der Waals surface area contributed by atoms with E-state index in [2.05, 4.69) is 5.32 Å². The molecule has 1 aromatic carbocycles. The molecule has 1 aromatic rings. The third-order valence-electron chi connectivity index (χ3n) is 4.29. The molecule has 0 saturated heterocycles. The third kappa shape index (κ3) is 3.64. The molecule has 0 bridgehead atoms. The highest BCUT2D eigenvalue weighted by Crippen LogP contribution is 2.34. The van der Waals surface area contributed by atoms with E-state index in [0.29, 0.717) is 12.1 Å². The van der Waals surface area contributed by atoms with Crippen molar-refractivity contribution in [1.82, 2.24) is 0 Å². The first kappa shape index (κ1) is 17.7. The Bertz CT molecular complexity index is 694. The Kier molecular flexibility index (Phi) is 5.39. The number of carbonyl (C=O) groups excluding carboxylic acids is 3. The van der Waals surface area contributed by atoms with Gasteiger partial charge >= 0.3 is 5.97 Å². The molecule has 0 aliphatic heterocycles. The van der Waals surface area contributed by atoms with Crippen LogP contribution in [0.5, 0.6) is 0 Å². The second-order valence-corrected chi connectivity index (χ2v) is 6.05. The van der Waals surface area contributed by atoms with Crippen LogP contribution in [0.1, 0.15) is 30.6 Å². The molecule has 0 aromatic heterocycles. The highest BCUT2D eigenvalue weighted by atomic mass is 16.5. The van der Waals surface area contributed by atoms with Gasteiger partial charge in [-0.1, -0.05) is 30.7 Å². The minimum Gasteiger partial charge on any atom is -0.550 e. The number of ether oxygens (including phenoxy) is 1. The normalized spacial score (nSPS) is 23.1. The highest BCUT2D eigenvalue weighted by molar-refractivity contribution is 6.02. The van der Waals surface area contributed by atoms with Crippen LogP contribution in [0.25, 0.3) is 0 Å². The van der Waals surface area contributed by atoms with Crippen molar-refractivity contribution in [2.24, 2.45) is 17.8 Å². The van der Waals surface area contributed by atoms with Gasteiger partial charge in [-0.2, -0.15) is 0 Å². The van der Waals surface area contributed by atoms with E-state index in [9.17, 15) is 19.5 Å². The van der Waals surface area contributed by atoms with Gasteiger partial charge in [0.25, 0.3) is 0 Å². The molecule has 1 N–H and O–H groups in total. The number of hydrogen-bond acceptors (Lipinski definition) is 5. The van der Waals surface area contributed by atoms with Crippen LogP contribution in [0.3, 0.4) is 0 Å². The minimum absolute atomic E-state index is 0.217. The lowest BCUT2D eigenvalue weighted by atomic mass is 9.73. The first-order valence-electron chi connectivity index (χ1n) is 7.71. The number of carbonyl (C=O) groups is 3. The monoisotopic (exact) mass is 330 g/mol. The maximum absolute atomic E-state index is 12.7. The average molecular weight is 330 g/mol. The molecule has 1 aliphatic rings. The molecular formula is C18H20NO5-. The van der Waals surface area contributed by atoms with Gasteiger partial charge in [0.15, 0.2) is 0 Å². The first-order valence-corrected chi connectivity index (χ1v) is 7.71. The molecule has 0 heterocycles. The predicted molar refractivity (Wildman–Crippen MR) is 85.9 cm³/mol. The van der Waals surface area contributed by atoms with E-state index in [1.807, 2.05) is 13.0 Å². The van der Waals surface area contributed by atoms with Crippen molar-refractivity contribution in [2.45, 2.75) is 20.3 Å². The Morgan fingerprint density at radius 1 is 1.25 bits per heavy atom. The molecule has 3 atom stereocenters. The van der Waals surface area contributed by atoms with Crippen LogP contribution in [0.15, 0.2) is 35.9 Å². The summed E-state index contributed by atoms with van der Waals surface area (Å²) in [6, 6.07) is 6.44. The van der Waals surface area contributed by atoms with Crippen molar-refractivity contribution in [3.8, 4) is 0 Å². The number of methoxy groups -OCH3 is 1. The Labute approximate surface area is 140 Å². The summed E-state index contributed by atoms with van der Waals surface area (Å²) >= 11 is 0. The van der Waals surface area contributed by atoms with Gasteiger partial charge in [0.05, 0.1) is 24.3 Å². The van der Waals surface area contributed by atoms with Crippen molar-refractivity contribution in [3.63, 3.8) is 0 Å². The number of rotatable bonds is 4. The number of carboxylic acid groups (broad SMARTS) is 1. The molecule has 0 fully saturated rings. The second kappa shape index (κ2) is 7.29. The van der Waals surface area contributed by atoms with E-state index in [4.69, 9.17) is 4.74 Å². The van der Waals surface area contributed by atoms with E-state index in [1.54, 1.807) is 25.1 Å². The number of amides is 1. The van der Waals surface area contributed by atoms with Crippen molar-refractivity contribution in [2.75, 3.05) is 12.4 Å². The van der Waals surface area contributed by atoms with E-state index in [1.165, 1.54) is 13.2 Å². The fourth-order valence-electron chi connectivity index (χ4n) is 3.20. The molecule has 6 heteroatoms. The second-order valence-electron chi connectivity index (χ2n) is 6.05. The van der Waals surface area contributed by atoms with E-state index < -0.39 is 29.7 Å². The Morgan fingerprint density at radius 2 is 1.92 bits per heavy atom. The fourth-order valence-corrected chi connectivity index (χ4v) is 3.20. The molecule has 6 nitrogen and oxygen atoms in total. The summed E-state index contributed by atoms with van der Waals surface area (Å²) in [4.78, 5) is 35.9. The van der Waals surface area contributed by atoms with E-state index >= 15 is 0 Å². The summed E-state index contributed by atoms with van der Waals surface area (Å²) in [6.07, 6.45) is 2.20. The van der Waals surface area contributed by atoms with E-state index in [0.717, 1.165) is 5.57 Å². The molecule has 0 radical (unpaired) electrons. The van der Waals surface area contributed by atoms with Gasteiger partial charge in [-0.05, 0) is 31.4 Å². The van der Waals surface area contributed by atoms with Crippen LogP contribution in [0.4, 0.5) is 5.69 Å².